The van der Waals surface area contributed by atoms with Crippen LogP contribution in [0.5, 0.6) is 5.75 Å². The van der Waals surface area contributed by atoms with E-state index in [4.69, 9.17) is 9.47 Å². The van der Waals surface area contributed by atoms with Gasteiger partial charge >= 0.3 is 5.97 Å². The van der Waals surface area contributed by atoms with E-state index in [9.17, 15) is 9.59 Å². The molecule has 0 N–H and O–H groups in total. The molecule has 1 atom stereocenters. The Hall–Kier alpha value is -2.86. The van der Waals surface area contributed by atoms with Crippen LogP contribution in [0.2, 0.25) is 0 Å². The number of methoxy groups -OCH3 is 1. The second kappa shape index (κ2) is 8.01. The Bertz CT molecular complexity index is 778. The second-order valence-electron chi connectivity index (χ2n) is 6.26. The molecule has 1 aliphatic rings. The van der Waals surface area contributed by atoms with Gasteiger partial charge in [0.15, 0.2) is 0 Å². The molecular formula is C20H22N2O4. The van der Waals surface area contributed by atoms with Crippen molar-refractivity contribution in [1.82, 2.24) is 4.90 Å². The summed E-state index contributed by atoms with van der Waals surface area (Å²) in [7, 11) is 3.21. The Morgan fingerprint density at radius 3 is 2.58 bits per heavy atom. The van der Waals surface area contributed by atoms with Crippen molar-refractivity contribution in [3.05, 3.63) is 60.2 Å². The SMILES string of the molecule is COC(=O)C1CN(C(=O)CN(C)Cc2ccccc2)c2ccccc2O1. The largest absolute Gasteiger partial charge is 0.475 e. The molecule has 1 amide bonds. The third-order valence-electron chi connectivity index (χ3n) is 4.24. The Balaban J connectivity index is 1.73. The third kappa shape index (κ3) is 4.03. The molecule has 0 aromatic heterocycles. The topological polar surface area (TPSA) is 59.1 Å². The van der Waals surface area contributed by atoms with Crippen LogP contribution in [0.4, 0.5) is 5.69 Å². The van der Waals surface area contributed by atoms with Crippen LogP contribution < -0.4 is 9.64 Å². The van der Waals surface area contributed by atoms with Crippen LogP contribution in [-0.4, -0.2) is 50.1 Å². The maximum absolute atomic E-state index is 12.9. The van der Waals surface area contributed by atoms with Crippen LogP contribution in [0, 0.1) is 0 Å². The second-order valence-corrected chi connectivity index (χ2v) is 6.26. The molecule has 3 rings (SSSR count). The zero-order chi connectivity index (χ0) is 18.5. The van der Waals surface area contributed by atoms with Gasteiger partial charge in [0.1, 0.15) is 5.75 Å². The van der Waals surface area contributed by atoms with Crippen molar-refractivity contribution >= 4 is 17.6 Å². The highest BCUT2D eigenvalue weighted by molar-refractivity contribution is 5.98. The molecule has 6 nitrogen and oxygen atoms in total. The van der Waals surface area contributed by atoms with Crippen LogP contribution in [0.3, 0.4) is 0 Å². The molecule has 0 fully saturated rings. The van der Waals surface area contributed by atoms with E-state index >= 15 is 0 Å². The molecule has 0 saturated carbocycles. The minimum atomic E-state index is -0.821. The first kappa shape index (κ1) is 17.9. The van der Waals surface area contributed by atoms with Crippen molar-refractivity contribution in [3.8, 4) is 5.75 Å². The Morgan fingerprint density at radius 1 is 1.15 bits per heavy atom. The molecule has 0 radical (unpaired) electrons. The number of carbonyl (C=O) groups is 2. The smallest absolute Gasteiger partial charge is 0.348 e. The van der Waals surface area contributed by atoms with E-state index < -0.39 is 12.1 Å². The number of rotatable bonds is 5. The standard InChI is InChI=1S/C20H22N2O4/c1-21(12-15-8-4-3-5-9-15)14-19(23)22-13-18(20(24)25-2)26-17-11-7-6-10-16(17)22/h3-11,18H,12-14H2,1-2H3. The predicted octanol–water partition coefficient (Wildman–Crippen LogP) is 2.09. The van der Waals surface area contributed by atoms with Crippen molar-refractivity contribution < 1.29 is 19.1 Å². The first-order valence-corrected chi connectivity index (χ1v) is 8.45. The summed E-state index contributed by atoms with van der Waals surface area (Å²) in [5, 5.41) is 0. The number of likely N-dealkylation sites (N-methyl/N-ethyl adjacent to an activating group) is 1. The molecule has 1 heterocycles. The third-order valence-corrected chi connectivity index (χ3v) is 4.24. The minimum Gasteiger partial charge on any atom is -0.475 e. The Kier molecular flexibility index (Phi) is 5.53. The summed E-state index contributed by atoms with van der Waals surface area (Å²) in [5.74, 6) is -0.0729. The zero-order valence-corrected chi connectivity index (χ0v) is 14.9. The summed E-state index contributed by atoms with van der Waals surface area (Å²) >= 11 is 0. The number of hydrogen-bond donors (Lipinski definition) is 0. The number of nitrogens with zero attached hydrogens (tertiary/aromatic N) is 2. The molecule has 2 aromatic rings. The molecular weight excluding hydrogens is 332 g/mol. The predicted molar refractivity (Wildman–Crippen MR) is 98.0 cm³/mol. The number of fused-ring (bicyclic) bond motifs is 1. The maximum Gasteiger partial charge on any atom is 0.348 e. The Morgan fingerprint density at radius 2 is 1.85 bits per heavy atom. The molecule has 0 aliphatic carbocycles. The summed E-state index contributed by atoms with van der Waals surface area (Å²) in [6.07, 6.45) is -0.821. The van der Waals surface area contributed by atoms with Crippen LogP contribution in [0.15, 0.2) is 54.6 Å². The van der Waals surface area contributed by atoms with Crippen LogP contribution in [0.25, 0.3) is 0 Å². The highest BCUT2D eigenvalue weighted by Crippen LogP contribution is 2.33. The number of anilines is 1. The number of ether oxygens (including phenoxy) is 2. The number of amides is 1. The van der Waals surface area contributed by atoms with Gasteiger partial charge in [-0.25, -0.2) is 4.79 Å². The van der Waals surface area contributed by atoms with Crippen molar-refractivity contribution in [2.24, 2.45) is 0 Å². The molecule has 26 heavy (non-hydrogen) atoms. The quantitative estimate of drug-likeness (QED) is 0.770. The average Bonchev–Trinajstić information content (AvgIpc) is 2.67. The fourth-order valence-corrected chi connectivity index (χ4v) is 2.99. The van der Waals surface area contributed by atoms with Gasteiger partial charge in [-0.1, -0.05) is 42.5 Å². The van der Waals surface area contributed by atoms with E-state index in [-0.39, 0.29) is 19.0 Å². The molecule has 0 bridgehead atoms. The van der Waals surface area contributed by atoms with Crippen molar-refractivity contribution in [1.29, 1.82) is 0 Å². The van der Waals surface area contributed by atoms with Crippen LogP contribution in [0.1, 0.15) is 5.56 Å². The van der Waals surface area contributed by atoms with Gasteiger partial charge in [-0.3, -0.25) is 9.69 Å². The minimum absolute atomic E-state index is 0.0897. The first-order valence-electron chi connectivity index (χ1n) is 8.45. The maximum atomic E-state index is 12.9. The molecule has 2 aromatic carbocycles. The normalized spacial score (nSPS) is 16.0. The van der Waals surface area contributed by atoms with E-state index in [0.29, 0.717) is 18.0 Å². The fourth-order valence-electron chi connectivity index (χ4n) is 2.99. The van der Waals surface area contributed by atoms with E-state index in [0.717, 1.165) is 5.56 Å². The van der Waals surface area contributed by atoms with E-state index in [1.54, 1.807) is 11.0 Å². The fraction of sp³-hybridized carbons (Fsp3) is 0.300. The highest BCUT2D eigenvalue weighted by atomic mass is 16.6. The van der Waals surface area contributed by atoms with Crippen LogP contribution >= 0.6 is 0 Å². The summed E-state index contributed by atoms with van der Waals surface area (Å²) in [5.41, 5.74) is 1.81. The lowest BCUT2D eigenvalue weighted by Gasteiger charge is -2.34. The molecule has 136 valence electrons. The lowest BCUT2D eigenvalue weighted by molar-refractivity contribution is -0.148. The van der Waals surface area contributed by atoms with Crippen molar-refractivity contribution in [2.45, 2.75) is 12.6 Å². The van der Waals surface area contributed by atoms with E-state index in [1.165, 1.54) is 7.11 Å². The summed E-state index contributed by atoms with van der Waals surface area (Å²) < 4.78 is 10.5. The molecule has 1 unspecified atom stereocenters. The number of esters is 1. The van der Waals surface area contributed by atoms with Gasteiger partial charge in [-0.05, 0) is 24.7 Å². The first-order chi connectivity index (χ1) is 12.6. The number of benzene rings is 2. The molecule has 0 spiro atoms. The van der Waals surface area contributed by atoms with Crippen LogP contribution in [-0.2, 0) is 20.9 Å². The van der Waals surface area contributed by atoms with E-state index in [1.807, 2.05) is 60.5 Å². The summed E-state index contributed by atoms with van der Waals surface area (Å²) in [6.45, 7) is 1.04. The van der Waals surface area contributed by atoms with Gasteiger partial charge in [-0.2, -0.15) is 0 Å². The lowest BCUT2D eigenvalue weighted by Crippen LogP contribution is -2.49. The number of hydrogen-bond acceptors (Lipinski definition) is 5. The monoisotopic (exact) mass is 354 g/mol. The van der Waals surface area contributed by atoms with Gasteiger partial charge in [-0.15, -0.1) is 0 Å². The van der Waals surface area contributed by atoms with Gasteiger partial charge < -0.3 is 14.4 Å². The summed E-state index contributed by atoms with van der Waals surface area (Å²) in [6, 6.07) is 17.2. The molecule has 0 saturated heterocycles. The van der Waals surface area contributed by atoms with Gasteiger partial charge in [0, 0.05) is 6.54 Å². The average molecular weight is 354 g/mol. The lowest BCUT2D eigenvalue weighted by atomic mass is 10.1. The van der Waals surface area contributed by atoms with Gasteiger partial charge in [0.2, 0.25) is 12.0 Å². The van der Waals surface area contributed by atoms with Gasteiger partial charge in [0.05, 0.1) is 25.9 Å². The molecule has 6 heteroatoms. The van der Waals surface area contributed by atoms with Crippen molar-refractivity contribution in [3.63, 3.8) is 0 Å². The summed E-state index contributed by atoms with van der Waals surface area (Å²) in [4.78, 5) is 28.4. The van der Waals surface area contributed by atoms with E-state index in [2.05, 4.69) is 0 Å². The highest BCUT2D eigenvalue weighted by Gasteiger charge is 2.34. The van der Waals surface area contributed by atoms with Gasteiger partial charge in [0.25, 0.3) is 0 Å². The molecule has 1 aliphatic heterocycles. The zero-order valence-electron chi connectivity index (χ0n) is 14.9. The Labute approximate surface area is 152 Å². The van der Waals surface area contributed by atoms with Crippen molar-refractivity contribution in [2.75, 3.05) is 32.1 Å². The number of carbonyl (C=O) groups excluding carboxylic acids is 2. The number of para-hydroxylation sites is 2.